The van der Waals surface area contributed by atoms with Gasteiger partial charge in [0.15, 0.2) is 5.84 Å². The lowest BCUT2D eigenvalue weighted by atomic mass is 10.3. The third kappa shape index (κ3) is 2.02. The molecular weight excluding hydrogens is 260 g/mol. The van der Waals surface area contributed by atoms with Crippen molar-refractivity contribution < 1.29 is 0 Å². The molecule has 1 aromatic carbocycles. The van der Waals surface area contributed by atoms with E-state index in [9.17, 15) is 0 Å². The minimum atomic E-state index is 0.703. The normalized spacial score (nSPS) is 14.4. The third-order valence-corrected chi connectivity index (χ3v) is 3.35. The number of H-pyrrole nitrogens is 1. The number of hydrogen-bond acceptors (Lipinski definition) is 5. The molecule has 3 N–H and O–H groups in total. The lowest BCUT2D eigenvalue weighted by Gasteiger charge is -2.14. The van der Waals surface area contributed by atoms with Crippen LogP contribution in [0.5, 0.6) is 0 Å². The van der Waals surface area contributed by atoms with Gasteiger partial charge in [0, 0.05) is 12.7 Å². The van der Waals surface area contributed by atoms with Gasteiger partial charge in [-0.1, -0.05) is 30.4 Å². The number of nitrogens with one attached hydrogen (secondary N) is 3. The van der Waals surface area contributed by atoms with Gasteiger partial charge in [-0.05, 0) is 19.1 Å². The van der Waals surface area contributed by atoms with Gasteiger partial charge in [0.05, 0.1) is 11.3 Å². The summed E-state index contributed by atoms with van der Waals surface area (Å²) in [7, 11) is 0. The summed E-state index contributed by atoms with van der Waals surface area (Å²) in [6, 6.07) is 9.93. The molecule has 1 aromatic heterocycles. The van der Waals surface area contributed by atoms with Crippen LogP contribution >= 0.6 is 12.2 Å². The summed E-state index contributed by atoms with van der Waals surface area (Å²) in [5.41, 5.74) is 7.57. The Morgan fingerprint density at radius 1 is 1.26 bits per heavy atom. The molecule has 98 valence electrons. The highest BCUT2D eigenvalue weighted by Crippen LogP contribution is 2.13. The maximum atomic E-state index is 5.51. The first-order chi connectivity index (χ1) is 9.31. The fourth-order valence-electron chi connectivity index (χ4n) is 1.99. The van der Waals surface area contributed by atoms with Crippen LogP contribution in [-0.4, -0.2) is 27.2 Å². The van der Waals surface area contributed by atoms with Crippen molar-refractivity contribution in [2.75, 3.05) is 6.54 Å². The van der Waals surface area contributed by atoms with Crippen molar-refractivity contribution in [3.05, 3.63) is 46.7 Å². The second kappa shape index (κ2) is 4.87. The summed E-state index contributed by atoms with van der Waals surface area (Å²) in [4.78, 5) is 0. The van der Waals surface area contributed by atoms with Crippen molar-refractivity contribution >= 4 is 18.1 Å². The Kier molecular flexibility index (Phi) is 3.06. The predicted octanol–water partition coefficient (Wildman–Crippen LogP) is 1.54. The number of amidine groups is 1. The number of hydrazone groups is 1. The van der Waals surface area contributed by atoms with Crippen molar-refractivity contribution in [3.63, 3.8) is 0 Å². The first-order valence-corrected chi connectivity index (χ1v) is 6.44. The van der Waals surface area contributed by atoms with E-state index < -0.39 is 0 Å². The van der Waals surface area contributed by atoms with Gasteiger partial charge in [0.2, 0.25) is 0 Å². The zero-order valence-electron chi connectivity index (χ0n) is 10.4. The zero-order chi connectivity index (χ0) is 13.2. The van der Waals surface area contributed by atoms with E-state index in [1.54, 1.807) is 0 Å². The van der Waals surface area contributed by atoms with Crippen molar-refractivity contribution in [2.24, 2.45) is 5.10 Å². The molecule has 2 heterocycles. The Morgan fingerprint density at radius 2 is 2.05 bits per heavy atom. The molecule has 0 saturated carbocycles. The molecule has 3 rings (SSSR count). The molecule has 0 fully saturated rings. The van der Waals surface area contributed by atoms with Crippen LogP contribution in [0.1, 0.15) is 12.5 Å². The maximum Gasteiger partial charge on any atom is 0.177 e. The molecule has 1 aliphatic rings. The van der Waals surface area contributed by atoms with Gasteiger partial charge in [0.1, 0.15) is 4.64 Å². The summed E-state index contributed by atoms with van der Waals surface area (Å²) < 4.78 is 2.56. The molecular formula is C12H14N6S. The maximum absolute atomic E-state index is 5.51. The topological polar surface area (TPSA) is 60.4 Å². The van der Waals surface area contributed by atoms with Crippen molar-refractivity contribution in [3.8, 4) is 5.69 Å². The van der Waals surface area contributed by atoms with Crippen LogP contribution in [0.15, 0.2) is 41.6 Å². The molecule has 0 spiro atoms. The Balaban J connectivity index is 2.03. The van der Waals surface area contributed by atoms with E-state index in [4.69, 9.17) is 12.2 Å². The van der Waals surface area contributed by atoms with Gasteiger partial charge in [-0.3, -0.25) is 10.1 Å². The fraction of sp³-hybridized carbons (Fsp3) is 0.167. The second-order valence-electron chi connectivity index (χ2n) is 4.07. The molecule has 0 aliphatic carbocycles. The molecule has 6 nitrogen and oxygen atoms in total. The van der Waals surface area contributed by atoms with Gasteiger partial charge in [-0.25, -0.2) is 10.2 Å². The minimum absolute atomic E-state index is 0.703. The van der Waals surface area contributed by atoms with E-state index in [2.05, 4.69) is 21.3 Å². The number of aromatic nitrogens is 2. The number of benzene rings is 1. The van der Waals surface area contributed by atoms with E-state index in [0.29, 0.717) is 4.64 Å². The molecule has 0 bridgehead atoms. The van der Waals surface area contributed by atoms with E-state index in [1.165, 1.54) is 0 Å². The number of aromatic amines is 1. The molecule has 0 radical (unpaired) electrons. The van der Waals surface area contributed by atoms with Crippen LogP contribution in [0.2, 0.25) is 0 Å². The van der Waals surface area contributed by atoms with Crippen LogP contribution in [0, 0.1) is 4.64 Å². The lowest BCUT2D eigenvalue weighted by Crippen LogP contribution is -2.40. The first-order valence-electron chi connectivity index (χ1n) is 6.03. The summed E-state index contributed by atoms with van der Waals surface area (Å²) in [5.74, 6) is 0.790. The number of para-hydroxylation sites is 1. The number of hydrogen-bond donors (Lipinski definition) is 3. The van der Waals surface area contributed by atoms with Crippen molar-refractivity contribution in [2.45, 2.75) is 6.92 Å². The zero-order valence-corrected chi connectivity index (χ0v) is 11.2. The van der Waals surface area contributed by atoms with E-state index in [0.717, 1.165) is 23.6 Å². The minimum Gasteiger partial charge on any atom is -0.299 e. The van der Waals surface area contributed by atoms with Gasteiger partial charge < -0.3 is 0 Å². The van der Waals surface area contributed by atoms with E-state index >= 15 is 0 Å². The predicted molar refractivity (Wildman–Crippen MR) is 76.1 cm³/mol. The number of nitrogens with zero attached hydrogens (tertiary/aromatic N) is 3. The quantitative estimate of drug-likeness (QED) is 0.743. The van der Waals surface area contributed by atoms with Crippen molar-refractivity contribution in [1.82, 2.24) is 25.9 Å². The summed E-state index contributed by atoms with van der Waals surface area (Å²) in [6.07, 6.45) is 1.87. The van der Waals surface area contributed by atoms with Gasteiger partial charge in [-0.15, -0.1) is 10.6 Å². The molecule has 0 saturated heterocycles. The van der Waals surface area contributed by atoms with Crippen molar-refractivity contribution in [1.29, 1.82) is 0 Å². The number of rotatable bonds is 3. The largest absolute Gasteiger partial charge is 0.299 e. The van der Waals surface area contributed by atoms with Gasteiger partial charge in [0.25, 0.3) is 0 Å². The Bertz CT molecular complexity index is 656. The molecule has 7 heteroatoms. The monoisotopic (exact) mass is 274 g/mol. The van der Waals surface area contributed by atoms with Crippen LogP contribution in [0.4, 0.5) is 0 Å². The van der Waals surface area contributed by atoms with Crippen LogP contribution in [0.25, 0.3) is 5.69 Å². The molecule has 1 aliphatic heterocycles. The fourth-order valence-corrected chi connectivity index (χ4v) is 2.29. The number of hydrazine groups is 2. The Morgan fingerprint density at radius 3 is 2.79 bits per heavy atom. The standard InChI is InChI=1S/C12H14N6S/c1-2-17-11(14-15-16-17)10-8-13-18(12(10)19)9-6-4-3-5-7-9/h3-8,13,15-16H,2H2,1H3. The first kappa shape index (κ1) is 11.9. The molecule has 0 unspecified atom stereocenters. The average molecular weight is 274 g/mol. The summed E-state index contributed by atoms with van der Waals surface area (Å²) in [6.45, 7) is 2.83. The van der Waals surface area contributed by atoms with Crippen LogP contribution < -0.4 is 11.1 Å². The molecule has 2 aromatic rings. The summed E-state index contributed by atoms with van der Waals surface area (Å²) in [5, 5.41) is 9.27. The SMILES string of the molecule is CCN1NNN=C1c1c[nH]n(-c2ccccc2)c1=S. The second-order valence-corrected chi connectivity index (χ2v) is 4.45. The average Bonchev–Trinajstić information content (AvgIpc) is 3.05. The van der Waals surface area contributed by atoms with Gasteiger partial charge >= 0.3 is 0 Å². The molecule has 0 amide bonds. The lowest BCUT2D eigenvalue weighted by molar-refractivity contribution is 0.308. The highest BCUT2D eigenvalue weighted by Gasteiger charge is 2.20. The Labute approximate surface area is 115 Å². The van der Waals surface area contributed by atoms with Gasteiger partial charge in [-0.2, -0.15) is 0 Å². The van der Waals surface area contributed by atoms with E-state index in [1.807, 2.05) is 53.1 Å². The molecule has 0 atom stereocenters. The molecule has 19 heavy (non-hydrogen) atoms. The van der Waals surface area contributed by atoms with E-state index in [-0.39, 0.29) is 0 Å². The van der Waals surface area contributed by atoms with Crippen LogP contribution in [0.3, 0.4) is 0 Å². The Hall–Kier alpha value is -2.12. The van der Waals surface area contributed by atoms with Crippen LogP contribution in [-0.2, 0) is 0 Å². The highest BCUT2D eigenvalue weighted by molar-refractivity contribution is 7.71. The smallest absolute Gasteiger partial charge is 0.177 e. The third-order valence-electron chi connectivity index (χ3n) is 2.95. The summed E-state index contributed by atoms with van der Waals surface area (Å²) >= 11 is 5.51. The highest BCUT2D eigenvalue weighted by atomic mass is 32.1.